The summed E-state index contributed by atoms with van der Waals surface area (Å²) in [4.78, 5) is 12.2. The summed E-state index contributed by atoms with van der Waals surface area (Å²) in [6, 6.07) is 6.29. The maximum atomic E-state index is 12.2. The van der Waals surface area contributed by atoms with Gasteiger partial charge in [-0.2, -0.15) is 0 Å². The molecule has 1 rings (SSSR count). The second-order valence-electron chi connectivity index (χ2n) is 5.39. The Kier molecular flexibility index (Phi) is 5.78. The Labute approximate surface area is 127 Å². The number of rotatable bonds is 6. The van der Waals surface area contributed by atoms with Crippen LogP contribution in [0.15, 0.2) is 24.3 Å². The molecule has 0 aliphatic heterocycles. The summed E-state index contributed by atoms with van der Waals surface area (Å²) >= 11 is 0. The molecule has 1 aromatic carbocycles. The molecule has 0 bridgehead atoms. The number of hydrogen-bond acceptors (Lipinski definition) is 3. The standard InChI is InChI=1S/C15H24N2O3S/c1-6-12(3)16-15(18)13(4)17(21(5,19)20)14-9-7-11(2)8-10-14/h7-10,12-13H,6H2,1-5H3,(H,16,18)/t12-,13+/m0/s1. The Hall–Kier alpha value is -1.56. The minimum Gasteiger partial charge on any atom is -0.352 e. The Morgan fingerprint density at radius 3 is 2.19 bits per heavy atom. The third kappa shape index (κ3) is 4.74. The van der Waals surface area contributed by atoms with Crippen LogP contribution in [0.2, 0.25) is 0 Å². The predicted molar refractivity (Wildman–Crippen MR) is 85.9 cm³/mol. The molecule has 0 aliphatic rings. The normalized spacial score (nSPS) is 14.3. The summed E-state index contributed by atoms with van der Waals surface area (Å²) in [5.41, 5.74) is 1.53. The lowest BCUT2D eigenvalue weighted by Crippen LogP contribution is -2.49. The zero-order valence-corrected chi connectivity index (χ0v) is 14.1. The maximum Gasteiger partial charge on any atom is 0.243 e. The van der Waals surface area contributed by atoms with Crippen LogP contribution in [0.3, 0.4) is 0 Å². The number of benzene rings is 1. The lowest BCUT2D eigenvalue weighted by Gasteiger charge is -2.29. The van der Waals surface area contributed by atoms with E-state index in [1.807, 2.05) is 32.9 Å². The Balaban J connectivity index is 3.09. The van der Waals surface area contributed by atoms with Gasteiger partial charge in [-0.1, -0.05) is 24.6 Å². The molecule has 0 saturated carbocycles. The fraction of sp³-hybridized carbons (Fsp3) is 0.533. The zero-order valence-electron chi connectivity index (χ0n) is 13.3. The molecule has 118 valence electrons. The SMILES string of the molecule is CC[C@H](C)NC(=O)[C@@H](C)N(c1ccc(C)cc1)S(C)(=O)=O. The lowest BCUT2D eigenvalue weighted by molar-refractivity contribution is -0.122. The monoisotopic (exact) mass is 312 g/mol. The number of amides is 1. The quantitative estimate of drug-likeness (QED) is 0.874. The molecule has 21 heavy (non-hydrogen) atoms. The van der Waals surface area contributed by atoms with Crippen molar-refractivity contribution in [2.45, 2.75) is 46.2 Å². The van der Waals surface area contributed by atoms with Crippen LogP contribution in [0.1, 0.15) is 32.8 Å². The number of nitrogens with zero attached hydrogens (tertiary/aromatic N) is 1. The highest BCUT2D eigenvalue weighted by Gasteiger charge is 2.29. The second kappa shape index (κ2) is 6.93. The fourth-order valence-corrected chi connectivity index (χ4v) is 3.14. The van der Waals surface area contributed by atoms with Crippen LogP contribution >= 0.6 is 0 Å². The van der Waals surface area contributed by atoms with Gasteiger partial charge in [0.25, 0.3) is 0 Å². The average molecular weight is 312 g/mol. The molecular formula is C15H24N2O3S. The van der Waals surface area contributed by atoms with Crippen LogP contribution in [0.4, 0.5) is 5.69 Å². The number of carbonyl (C=O) groups excluding carboxylic acids is 1. The van der Waals surface area contributed by atoms with Gasteiger partial charge in [0, 0.05) is 6.04 Å². The molecule has 0 aromatic heterocycles. The molecule has 0 radical (unpaired) electrons. The van der Waals surface area contributed by atoms with Gasteiger partial charge in [0.2, 0.25) is 15.9 Å². The third-order valence-electron chi connectivity index (χ3n) is 3.38. The van der Waals surface area contributed by atoms with Crippen molar-refractivity contribution in [2.75, 3.05) is 10.6 Å². The average Bonchev–Trinajstić information content (AvgIpc) is 2.39. The van der Waals surface area contributed by atoms with Gasteiger partial charge in [0.15, 0.2) is 0 Å². The van der Waals surface area contributed by atoms with Crippen LogP contribution in [0.25, 0.3) is 0 Å². The highest BCUT2D eigenvalue weighted by molar-refractivity contribution is 7.92. The van der Waals surface area contributed by atoms with Crippen LogP contribution in [0.5, 0.6) is 0 Å². The molecule has 0 saturated heterocycles. The smallest absolute Gasteiger partial charge is 0.243 e. The molecule has 2 atom stereocenters. The molecule has 0 unspecified atom stereocenters. The number of nitrogens with one attached hydrogen (secondary N) is 1. The van der Waals surface area contributed by atoms with E-state index in [0.717, 1.165) is 22.5 Å². The molecule has 0 aliphatic carbocycles. The van der Waals surface area contributed by atoms with Crippen LogP contribution in [0, 0.1) is 6.92 Å². The first-order valence-corrected chi connectivity index (χ1v) is 8.88. The van der Waals surface area contributed by atoms with Crippen molar-refractivity contribution in [1.82, 2.24) is 5.32 Å². The molecular weight excluding hydrogens is 288 g/mol. The minimum absolute atomic E-state index is 0.0133. The largest absolute Gasteiger partial charge is 0.352 e. The van der Waals surface area contributed by atoms with Gasteiger partial charge in [-0.05, 0) is 39.3 Å². The first-order valence-electron chi connectivity index (χ1n) is 7.03. The second-order valence-corrected chi connectivity index (χ2v) is 7.25. The minimum atomic E-state index is -3.55. The van der Waals surface area contributed by atoms with E-state index in [0.29, 0.717) is 5.69 Å². The molecule has 0 fully saturated rings. The first kappa shape index (κ1) is 17.5. The van der Waals surface area contributed by atoms with Gasteiger partial charge in [-0.15, -0.1) is 0 Å². The van der Waals surface area contributed by atoms with Crippen molar-refractivity contribution >= 4 is 21.6 Å². The summed E-state index contributed by atoms with van der Waals surface area (Å²) < 4.78 is 25.3. The summed E-state index contributed by atoms with van der Waals surface area (Å²) in [6.07, 6.45) is 1.90. The topological polar surface area (TPSA) is 66.5 Å². The first-order chi connectivity index (χ1) is 9.66. The molecule has 1 N–H and O–H groups in total. The Morgan fingerprint density at radius 1 is 1.24 bits per heavy atom. The predicted octanol–water partition coefficient (Wildman–Crippen LogP) is 2.06. The van der Waals surface area contributed by atoms with Crippen LogP contribution in [-0.4, -0.2) is 32.7 Å². The molecule has 1 aromatic rings. The summed E-state index contributed by atoms with van der Waals surface area (Å²) in [5.74, 6) is -0.296. The number of carbonyl (C=O) groups is 1. The van der Waals surface area contributed by atoms with Crippen LogP contribution < -0.4 is 9.62 Å². The van der Waals surface area contributed by atoms with E-state index >= 15 is 0 Å². The maximum absolute atomic E-state index is 12.2. The van der Waals surface area contributed by atoms with Crippen LogP contribution in [-0.2, 0) is 14.8 Å². The molecule has 0 spiro atoms. The molecule has 1 amide bonds. The van der Waals surface area contributed by atoms with Crippen molar-refractivity contribution in [1.29, 1.82) is 0 Å². The summed E-state index contributed by atoms with van der Waals surface area (Å²) in [7, 11) is -3.55. The van der Waals surface area contributed by atoms with E-state index in [9.17, 15) is 13.2 Å². The van der Waals surface area contributed by atoms with Crippen molar-refractivity contribution < 1.29 is 13.2 Å². The van der Waals surface area contributed by atoms with Gasteiger partial charge in [-0.25, -0.2) is 8.42 Å². The van der Waals surface area contributed by atoms with E-state index in [-0.39, 0.29) is 11.9 Å². The number of anilines is 1. The van der Waals surface area contributed by atoms with Crippen molar-refractivity contribution in [3.63, 3.8) is 0 Å². The lowest BCUT2D eigenvalue weighted by atomic mass is 10.2. The van der Waals surface area contributed by atoms with E-state index < -0.39 is 16.1 Å². The van der Waals surface area contributed by atoms with E-state index in [1.54, 1.807) is 19.1 Å². The van der Waals surface area contributed by atoms with Gasteiger partial charge in [0.05, 0.1) is 11.9 Å². The van der Waals surface area contributed by atoms with Crippen molar-refractivity contribution in [2.24, 2.45) is 0 Å². The van der Waals surface area contributed by atoms with Crippen molar-refractivity contribution in [3.8, 4) is 0 Å². The zero-order chi connectivity index (χ0) is 16.2. The number of aryl methyl sites for hydroxylation is 1. The third-order valence-corrected chi connectivity index (χ3v) is 4.62. The highest BCUT2D eigenvalue weighted by atomic mass is 32.2. The van der Waals surface area contributed by atoms with E-state index in [4.69, 9.17) is 0 Å². The van der Waals surface area contributed by atoms with Gasteiger partial charge < -0.3 is 5.32 Å². The van der Waals surface area contributed by atoms with Crippen molar-refractivity contribution in [3.05, 3.63) is 29.8 Å². The van der Waals surface area contributed by atoms with E-state index in [1.165, 1.54) is 0 Å². The number of sulfonamides is 1. The fourth-order valence-electron chi connectivity index (χ4n) is 1.97. The van der Waals surface area contributed by atoms with E-state index in [2.05, 4.69) is 5.32 Å². The van der Waals surface area contributed by atoms with Gasteiger partial charge in [-0.3, -0.25) is 9.10 Å². The Morgan fingerprint density at radius 2 is 1.76 bits per heavy atom. The number of hydrogen-bond donors (Lipinski definition) is 1. The molecule has 6 heteroatoms. The summed E-state index contributed by atoms with van der Waals surface area (Å²) in [6.45, 7) is 7.37. The van der Waals surface area contributed by atoms with Gasteiger partial charge >= 0.3 is 0 Å². The Bertz CT molecular complexity index is 581. The highest BCUT2D eigenvalue weighted by Crippen LogP contribution is 2.21. The molecule has 5 nitrogen and oxygen atoms in total. The molecule has 0 heterocycles. The summed E-state index contributed by atoms with van der Waals surface area (Å²) in [5, 5.41) is 2.82. The van der Waals surface area contributed by atoms with Gasteiger partial charge in [0.1, 0.15) is 6.04 Å².